The molecule has 0 aromatic heterocycles. The average molecular weight is 284 g/mol. The van der Waals surface area contributed by atoms with Gasteiger partial charge in [0.15, 0.2) is 17.7 Å². The number of benzene rings is 1. The number of hydrazone groups is 1. The van der Waals surface area contributed by atoms with Crippen molar-refractivity contribution < 1.29 is 19.3 Å². The fraction of sp³-hybridized carbons (Fsp3) is 0.333. The van der Waals surface area contributed by atoms with Crippen LogP contribution in [0.25, 0.3) is 0 Å². The number of nitrogens with one attached hydrogen (secondary N) is 3. The minimum absolute atomic E-state index is 0.490. The maximum absolute atomic E-state index is 5.26. The van der Waals surface area contributed by atoms with Gasteiger partial charge < -0.3 is 19.5 Å². The minimum atomic E-state index is 0.490. The third-order valence-corrected chi connectivity index (χ3v) is 2.64. The first-order valence-electron chi connectivity index (χ1n) is 5.52. The number of hydrogen-bond donors (Lipinski definition) is 3. The highest BCUT2D eigenvalue weighted by Gasteiger charge is 2.13. The normalized spacial score (nSPS) is 10.1. The second kappa shape index (κ2) is 7.42. The average Bonchev–Trinajstić information content (AvgIpc) is 2.45. The first-order chi connectivity index (χ1) is 9.15. The van der Waals surface area contributed by atoms with Gasteiger partial charge in [-0.15, -0.1) is 10.5 Å². The lowest BCUT2D eigenvalue weighted by atomic mass is 10.2. The van der Waals surface area contributed by atoms with Crippen molar-refractivity contribution in [2.75, 3.05) is 28.4 Å². The lowest BCUT2D eigenvalue weighted by molar-refractivity contribution is -0.500. The molecule has 1 rings (SSSR count). The van der Waals surface area contributed by atoms with Gasteiger partial charge in [0.2, 0.25) is 10.9 Å². The molecule has 0 heterocycles. The SMILES string of the molecule is CNC(=S)N[NH+]=Cc1cc(OC)c(OC)c(OC)c1. The molecule has 6 nitrogen and oxygen atoms in total. The fourth-order valence-electron chi connectivity index (χ4n) is 1.43. The van der Waals surface area contributed by atoms with Crippen LogP contribution in [0.2, 0.25) is 0 Å². The highest BCUT2D eigenvalue weighted by Crippen LogP contribution is 2.37. The standard InChI is InChI=1S/C12H17N3O3S/c1-13-12(19)15-14-7-8-5-9(16-2)11(18-4)10(6-8)17-3/h5-7H,1-4H3,(H2,13,15,19)/p+1. The van der Waals surface area contributed by atoms with E-state index in [1.165, 1.54) is 0 Å². The van der Waals surface area contributed by atoms with Crippen LogP contribution in [0.4, 0.5) is 0 Å². The number of methoxy groups -OCH3 is 3. The summed E-state index contributed by atoms with van der Waals surface area (Å²) in [5.41, 5.74) is 3.63. The van der Waals surface area contributed by atoms with Gasteiger partial charge in [-0.1, -0.05) is 0 Å². The second-order valence-electron chi connectivity index (χ2n) is 3.45. The van der Waals surface area contributed by atoms with Crippen LogP contribution in [0, 0.1) is 0 Å². The summed E-state index contributed by atoms with van der Waals surface area (Å²) in [7, 11) is 6.44. The zero-order valence-corrected chi connectivity index (χ0v) is 12.2. The van der Waals surface area contributed by atoms with E-state index in [1.54, 1.807) is 34.6 Å². The molecule has 1 aromatic rings. The third kappa shape index (κ3) is 3.99. The maximum atomic E-state index is 5.26. The van der Waals surface area contributed by atoms with E-state index in [2.05, 4.69) is 15.8 Å². The highest BCUT2D eigenvalue weighted by molar-refractivity contribution is 7.80. The number of ether oxygens (including phenoxy) is 3. The minimum Gasteiger partial charge on any atom is -0.493 e. The predicted molar refractivity (Wildman–Crippen MR) is 77.0 cm³/mol. The van der Waals surface area contributed by atoms with Crippen molar-refractivity contribution in [3.05, 3.63) is 17.7 Å². The zero-order valence-electron chi connectivity index (χ0n) is 11.4. The molecule has 0 radical (unpaired) electrons. The lowest BCUT2D eigenvalue weighted by Gasteiger charge is -2.11. The van der Waals surface area contributed by atoms with Gasteiger partial charge in [-0.05, 0) is 24.4 Å². The molecular formula is C12H18N3O3S+. The molecular weight excluding hydrogens is 266 g/mol. The van der Waals surface area contributed by atoms with Crippen LogP contribution in [0.3, 0.4) is 0 Å². The van der Waals surface area contributed by atoms with Gasteiger partial charge in [-0.3, -0.25) is 0 Å². The Morgan fingerprint density at radius 2 is 1.74 bits per heavy atom. The Hall–Kier alpha value is -2.02. The largest absolute Gasteiger partial charge is 0.493 e. The molecule has 0 amide bonds. The summed E-state index contributed by atoms with van der Waals surface area (Å²) in [5, 5.41) is 6.13. The Balaban J connectivity index is 2.99. The van der Waals surface area contributed by atoms with Crippen molar-refractivity contribution >= 4 is 23.5 Å². The Bertz CT molecular complexity index is 452. The van der Waals surface area contributed by atoms with Gasteiger partial charge >= 0.3 is 0 Å². The van der Waals surface area contributed by atoms with Crippen molar-refractivity contribution in [3.8, 4) is 17.2 Å². The molecule has 0 spiro atoms. The molecule has 0 aliphatic rings. The Morgan fingerprint density at radius 3 is 2.16 bits per heavy atom. The van der Waals surface area contributed by atoms with E-state index < -0.39 is 0 Å². The molecule has 0 aliphatic carbocycles. The van der Waals surface area contributed by atoms with E-state index in [1.807, 2.05) is 12.1 Å². The van der Waals surface area contributed by atoms with Crippen LogP contribution in [0.15, 0.2) is 12.1 Å². The number of rotatable bonds is 5. The molecule has 0 aliphatic heterocycles. The monoisotopic (exact) mass is 284 g/mol. The molecule has 0 unspecified atom stereocenters. The molecule has 7 heteroatoms. The molecule has 19 heavy (non-hydrogen) atoms. The van der Waals surface area contributed by atoms with E-state index in [-0.39, 0.29) is 0 Å². The Labute approximate surface area is 117 Å². The van der Waals surface area contributed by atoms with Crippen molar-refractivity contribution in [2.45, 2.75) is 0 Å². The van der Waals surface area contributed by atoms with Crippen molar-refractivity contribution in [2.24, 2.45) is 0 Å². The van der Waals surface area contributed by atoms with Crippen LogP contribution in [0.5, 0.6) is 17.2 Å². The molecule has 0 saturated heterocycles. The zero-order chi connectivity index (χ0) is 14.3. The molecule has 0 atom stereocenters. The number of thiocarbonyl (C=S) groups is 1. The van der Waals surface area contributed by atoms with E-state index in [4.69, 9.17) is 26.4 Å². The summed E-state index contributed by atoms with van der Waals surface area (Å²) in [5.74, 6) is 1.73. The smallest absolute Gasteiger partial charge is 0.223 e. The van der Waals surface area contributed by atoms with E-state index >= 15 is 0 Å². The number of hydrazine groups is 1. The van der Waals surface area contributed by atoms with E-state index in [0.29, 0.717) is 22.4 Å². The summed E-state index contributed by atoms with van der Waals surface area (Å²) in [6, 6.07) is 3.64. The molecule has 0 bridgehead atoms. The first-order valence-corrected chi connectivity index (χ1v) is 5.93. The first kappa shape index (κ1) is 15.0. The topological polar surface area (TPSA) is 65.7 Å². The summed E-state index contributed by atoms with van der Waals surface area (Å²) in [4.78, 5) is 0. The van der Waals surface area contributed by atoms with Crippen LogP contribution in [-0.4, -0.2) is 39.7 Å². The van der Waals surface area contributed by atoms with Crippen molar-refractivity contribution in [3.63, 3.8) is 0 Å². The molecule has 3 N–H and O–H groups in total. The summed E-state index contributed by atoms with van der Waals surface area (Å²) >= 11 is 4.93. The second-order valence-corrected chi connectivity index (χ2v) is 3.86. The van der Waals surface area contributed by atoms with Gasteiger partial charge in [0.25, 0.3) is 0 Å². The van der Waals surface area contributed by atoms with Gasteiger partial charge in [-0.25, -0.2) is 0 Å². The summed E-state index contributed by atoms with van der Waals surface area (Å²) < 4.78 is 15.8. The van der Waals surface area contributed by atoms with E-state index in [9.17, 15) is 0 Å². The maximum Gasteiger partial charge on any atom is 0.223 e. The summed E-state index contributed by atoms with van der Waals surface area (Å²) in [6.45, 7) is 0. The van der Waals surface area contributed by atoms with E-state index in [0.717, 1.165) is 5.56 Å². The molecule has 0 fully saturated rings. The van der Waals surface area contributed by atoms with Gasteiger partial charge in [-0.2, -0.15) is 0 Å². The van der Waals surface area contributed by atoms with Crippen LogP contribution in [0.1, 0.15) is 5.56 Å². The van der Waals surface area contributed by atoms with Gasteiger partial charge in [0.1, 0.15) is 0 Å². The summed E-state index contributed by atoms with van der Waals surface area (Å²) in [6.07, 6.45) is 1.73. The fourth-order valence-corrected chi connectivity index (χ4v) is 1.49. The van der Waals surface area contributed by atoms with Gasteiger partial charge in [0.05, 0.1) is 21.3 Å². The van der Waals surface area contributed by atoms with Crippen LogP contribution >= 0.6 is 12.2 Å². The van der Waals surface area contributed by atoms with Gasteiger partial charge in [0, 0.05) is 12.6 Å². The number of hydrogen-bond acceptors (Lipinski definition) is 4. The predicted octanol–water partition coefficient (Wildman–Crippen LogP) is -0.779. The Kier molecular flexibility index (Phi) is 5.87. The molecule has 0 saturated carbocycles. The van der Waals surface area contributed by atoms with Crippen molar-refractivity contribution in [1.82, 2.24) is 10.7 Å². The highest BCUT2D eigenvalue weighted by atomic mass is 32.1. The lowest BCUT2D eigenvalue weighted by Crippen LogP contribution is -2.82. The van der Waals surface area contributed by atoms with Crippen LogP contribution < -0.4 is 30.1 Å². The molecule has 1 aromatic carbocycles. The molecule has 104 valence electrons. The van der Waals surface area contributed by atoms with Crippen LogP contribution in [-0.2, 0) is 0 Å². The Morgan fingerprint density at radius 1 is 1.16 bits per heavy atom. The third-order valence-electron chi connectivity index (χ3n) is 2.34. The van der Waals surface area contributed by atoms with Crippen molar-refractivity contribution in [1.29, 1.82) is 0 Å². The quantitative estimate of drug-likeness (QED) is 0.374.